The summed E-state index contributed by atoms with van der Waals surface area (Å²) < 4.78 is 30.1. The van der Waals surface area contributed by atoms with Gasteiger partial charge in [-0.25, -0.2) is 8.42 Å². The molecule has 1 aromatic rings. The topological polar surface area (TPSA) is 66.7 Å². The number of esters is 1. The smallest absolute Gasteiger partial charge is 0.321 e. The third-order valence-corrected chi connectivity index (χ3v) is 5.37. The van der Waals surface area contributed by atoms with Crippen molar-refractivity contribution in [1.29, 1.82) is 0 Å². The maximum absolute atomic E-state index is 12.0. The summed E-state index contributed by atoms with van der Waals surface area (Å²) in [5.74, 6) is -0.553. The van der Waals surface area contributed by atoms with Crippen molar-refractivity contribution in [2.75, 3.05) is 27.2 Å². The predicted molar refractivity (Wildman–Crippen MR) is 74.2 cm³/mol. The van der Waals surface area contributed by atoms with Crippen LogP contribution in [0.3, 0.4) is 0 Å². The monoisotopic (exact) mass is 298 g/mol. The fourth-order valence-electron chi connectivity index (χ4n) is 1.78. The number of carbonyl (C=O) groups excluding carboxylic acids is 1. The second kappa shape index (κ2) is 5.90. The molecule has 110 valence electrons. The van der Waals surface area contributed by atoms with E-state index in [0.29, 0.717) is 6.54 Å². The van der Waals surface area contributed by atoms with Crippen LogP contribution in [-0.4, -0.2) is 56.2 Å². The van der Waals surface area contributed by atoms with E-state index >= 15 is 0 Å². The summed E-state index contributed by atoms with van der Waals surface area (Å²) in [6.07, 6.45) is 0. The third-order valence-electron chi connectivity index (χ3n) is 3.17. The van der Waals surface area contributed by atoms with E-state index in [1.165, 1.54) is 7.05 Å². The van der Waals surface area contributed by atoms with Crippen molar-refractivity contribution in [2.45, 2.75) is 12.0 Å². The van der Waals surface area contributed by atoms with E-state index in [4.69, 9.17) is 4.74 Å². The molecule has 0 saturated carbocycles. The van der Waals surface area contributed by atoms with Crippen molar-refractivity contribution in [3.8, 4) is 0 Å². The fourth-order valence-corrected chi connectivity index (χ4v) is 3.36. The first-order valence-corrected chi connectivity index (χ1v) is 7.76. The summed E-state index contributed by atoms with van der Waals surface area (Å²) in [5, 5.41) is -0.505. The van der Waals surface area contributed by atoms with Gasteiger partial charge >= 0.3 is 5.97 Å². The minimum atomic E-state index is -3.43. The Balaban J connectivity index is 1.82. The van der Waals surface area contributed by atoms with Crippen LogP contribution in [0.4, 0.5) is 0 Å². The third kappa shape index (κ3) is 3.56. The molecule has 0 aliphatic carbocycles. The van der Waals surface area contributed by atoms with E-state index in [2.05, 4.69) is 0 Å². The molecule has 2 atom stereocenters. The summed E-state index contributed by atoms with van der Waals surface area (Å²) >= 11 is 0. The van der Waals surface area contributed by atoms with Crippen LogP contribution in [0, 0.1) is 0 Å². The quantitative estimate of drug-likeness (QED) is 0.557. The highest BCUT2D eigenvalue weighted by molar-refractivity contribution is 7.90. The Morgan fingerprint density at radius 1 is 1.40 bits per heavy atom. The zero-order valence-electron chi connectivity index (χ0n) is 11.5. The van der Waals surface area contributed by atoms with Gasteiger partial charge in [0.15, 0.2) is 0 Å². The minimum Gasteiger partial charge on any atom is -0.460 e. The molecule has 0 radical (unpaired) electrons. The highest BCUT2D eigenvalue weighted by Crippen LogP contribution is 2.22. The number of carbonyl (C=O) groups is 1. The molecule has 1 aliphatic heterocycles. The molecule has 0 spiro atoms. The predicted octanol–water partition coefficient (Wildman–Crippen LogP) is 0.263. The number of benzene rings is 1. The number of hydrogen-bond donors (Lipinski definition) is 0. The molecule has 1 aromatic carbocycles. The molecule has 1 aliphatic rings. The van der Waals surface area contributed by atoms with E-state index in [-0.39, 0.29) is 13.2 Å². The van der Waals surface area contributed by atoms with Crippen molar-refractivity contribution >= 4 is 16.0 Å². The zero-order valence-corrected chi connectivity index (χ0v) is 12.3. The van der Waals surface area contributed by atoms with Gasteiger partial charge in [0.1, 0.15) is 18.5 Å². The number of ether oxygens (including phenoxy) is 1. The SMILES string of the molecule is CN1CC1S(=O)(=O)N(C)CC(=O)OCc1ccccc1. The largest absolute Gasteiger partial charge is 0.460 e. The van der Waals surface area contributed by atoms with Crippen LogP contribution in [0.5, 0.6) is 0 Å². The summed E-state index contributed by atoms with van der Waals surface area (Å²) in [4.78, 5) is 13.4. The summed E-state index contributed by atoms with van der Waals surface area (Å²) in [6.45, 7) is 0.391. The highest BCUT2D eigenvalue weighted by atomic mass is 32.2. The molecular formula is C13H18N2O4S. The maximum Gasteiger partial charge on any atom is 0.321 e. The maximum atomic E-state index is 12.0. The van der Waals surface area contributed by atoms with Gasteiger partial charge in [0, 0.05) is 13.6 Å². The fraction of sp³-hybridized carbons (Fsp3) is 0.462. The molecule has 0 amide bonds. The zero-order chi connectivity index (χ0) is 14.8. The van der Waals surface area contributed by atoms with Crippen molar-refractivity contribution < 1.29 is 17.9 Å². The standard InChI is InChI=1S/C13H18N2O4S/c1-14-8-12(14)20(17,18)15(2)9-13(16)19-10-11-6-4-3-5-7-11/h3-7,12H,8-10H2,1-2H3. The molecule has 0 bridgehead atoms. The van der Waals surface area contributed by atoms with Crippen molar-refractivity contribution in [3.05, 3.63) is 35.9 Å². The average molecular weight is 298 g/mol. The molecule has 6 nitrogen and oxygen atoms in total. The van der Waals surface area contributed by atoms with Crippen LogP contribution in [0.15, 0.2) is 30.3 Å². The first-order chi connectivity index (χ1) is 9.41. The van der Waals surface area contributed by atoms with E-state index in [1.807, 2.05) is 30.3 Å². The van der Waals surface area contributed by atoms with E-state index in [9.17, 15) is 13.2 Å². The van der Waals surface area contributed by atoms with Gasteiger partial charge in [-0.15, -0.1) is 0 Å². The Hall–Kier alpha value is -1.44. The molecule has 0 aromatic heterocycles. The molecule has 20 heavy (non-hydrogen) atoms. The van der Waals surface area contributed by atoms with Crippen molar-refractivity contribution in [3.63, 3.8) is 0 Å². The molecule has 1 saturated heterocycles. The van der Waals surface area contributed by atoms with Gasteiger partial charge in [0.25, 0.3) is 0 Å². The lowest BCUT2D eigenvalue weighted by atomic mass is 10.2. The molecular weight excluding hydrogens is 280 g/mol. The summed E-state index contributed by atoms with van der Waals surface area (Å²) in [6, 6.07) is 9.25. The first kappa shape index (κ1) is 15.0. The van der Waals surface area contributed by atoms with Crippen LogP contribution >= 0.6 is 0 Å². The lowest BCUT2D eigenvalue weighted by molar-refractivity contribution is -0.144. The molecule has 2 unspecified atom stereocenters. The Kier molecular flexibility index (Phi) is 4.42. The number of likely N-dealkylation sites (N-methyl/N-ethyl adjacent to an activating group) is 2. The molecule has 0 N–H and O–H groups in total. The van der Waals surface area contributed by atoms with Gasteiger partial charge in [-0.05, 0) is 12.6 Å². The first-order valence-electron chi connectivity index (χ1n) is 6.26. The van der Waals surface area contributed by atoms with E-state index in [1.54, 1.807) is 11.9 Å². The van der Waals surface area contributed by atoms with Crippen LogP contribution < -0.4 is 0 Å². The van der Waals surface area contributed by atoms with E-state index in [0.717, 1.165) is 9.87 Å². The molecule has 7 heteroatoms. The van der Waals surface area contributed by atoms with E-state index < -0.39 is 21.4 Å². The Bertz CT molecular complexity index is 573. The van der Waals surface area contributed by atoms with Gasteiger partial charge in [-0.2, -0.15) is 4.31 Å². The van der Waals surface area contributed by atoms with Gasteiger partial charge in [0.05, 0.1) is 0 Å². The van der Waals surface area contributed by atoms with Crippen molar-refractivity contribution in [2.24, 2.45) is 0 Å². The minimum absolute atomic E-state index is 0.150. The Morgan fingerprint density at radius 2 is 2.00 bits per heavy atom. The van der Waals surface area contributed by atoms with Crippen LogP contribution in [-0.2, 0) is 26.2 Å². The van der Waals surface area contributed by atoms with Gasteiger partial charge in [0.2, 0.25) is 10.0 Å². The van der Waals surface area contributed by atoms with Gasteiger partial charge < -0.3 is 4.74 Å². The summed E-state index contributed by atoms with van der Waals surface area (Å²) in [7, 11) is -0.314. The van der Waals surface area contributed by atoms with Gasteiger partial charge in [-0.3, -0.25) is 9.69 Å². The van der Waals surface area contributed by atoms with Crippen LogP contribution in [0.1, 0.15) is 5.56 Å². The van der Waals surface area contributed by atoms with Gasteiger partial charge in [-0.1, -0.05) is 30.3 Å². The number of rotatable bonds is 6. The normalized spacial score (nSPS) is 21.8. The second-order valence-corrected chi connectivity index (χ2v) is 7.04. The Labute approximate surface area is 119 Å². The highest BCUT2D eigenvalue weighted by Gasteiger charge is 2.44. The molecule has 1 heterocycles. The number of sulfonamides is 1. The lowest BCUT2D eigenvalue weighted by Crippen LogP contribution is -2.36. The number of hydrogen-bond acceptors (Lipinski definition) is 5. The van der Waals surface area contributed by atoms with Crippen LogP contribution in [0.25, 0.3) is 0 Å². The molecule has 1 fully saturated rings. The number of nitrogens with zero attached hydrogens (tertiary/aromatic N) is 2. The summed E-state index contributed by atoms with van der Waals surface area (Å²) in [5.41, 5.74) is 0.869. The van der Waals surface area contributed by atoms with Crippen LogP contribution in [0.2, 0.25) is 0 Å². The average Bonchev–Trinajstić information content (AvgIpc) is 3.15. The molecule has 2 rings (SSSR count). The second-order valence-electron chi connectivity index (χ2n) is 4.84. The lowest BCUT2D eigenvalue weighted by Gasteiger charge is -2.15. The Morgan fingerprint density at radius 3 is 2.55 bits per heavy atom. The van der Waals surface area contributed by atoms with Crippen molar-refractivity contribution in [1.82, 2.24) is 9.21 Å².